The lowest BCUT2D eigenvalue weighted by Gasteiger charge is -2.40. The van der Waals surface area contributed by atoms with Crippen molar-refractivity contribution < 1.29 is 14.6 Å². The second-order valence-corrected chi connectivity index (χ2v) is 4.78. The molecule has 0 aromatic carbocycles. The normalized spacial score (nSPS) is 35.2. The predicted molar refractivity (Wildman–Crippen MR) is 57.7 cm³/mol. The first kappa shape index (κ1) is 11.4. The van der Waals surface area contributed by atoms with E-state index in [-0.39, 0.29) is 18.3 Å². The van der Waals surface area contributed by atoms with Crippen LogP contribution in [0.3, 0.4) is 0 Å². The van der Waals surface area contributed by atoms with E-state index in [1.807, 2.05) is 0 Å². The number of aliphatic hydroxyl groups is 1. The van der Waals surface area contributed by atoms with Gasteiger partial charge in [-0.25, -0.2) is 0 Å². The van der Waals surface area contributed by atoms with Gasteiger partial charge in [-0.3, -0.25) is 0 Å². The molecule has 3 nitrogen and oxygen atoms in total. The zero-order valence-corrected chi connectivity index (χ0v) is 9.52. The minimum absolute atomic E-state index is 0.0656. The highest BCUT2D eigenvalue weighted by Gasteiger charge is 2.41. The number of ether oxygens (including phenoxy) is 2. The summed E-state index contributed by atoms with van der Waals surface area (Å²) in [7, 11) is 0. The van der Waals surface area contributed by atoms with E-state index in [2.05, 4.69) is 6.92 Å². The smallest absolute Gasteiger partial charge is 0.110 e. The first-order chi connectivity index (χ1) is 7.31. The molecule has 88 valence electrons. The molecule has 0 aromatic rings. The van der Waals surface area contributed by atoms with E-state index in [1.54, 1.807) is 0 Å². The minimum Gasteiger partial charge on any atom is -0.390 e. The second kappa shape index (κ2) is 5.28. The van der Waals surface area contributed by atoms with Gasteiger partial charge in [0.25, 0.3) is 0 Å². The molecular formula is C12H22O3. The lowest BCUT2D eigenvalue weighted by molar-refractivity contribution is -0.192. The average Bonchev–Trinajstić information content (AvgIpc) is 3.01. The quantitative estimate of drug-likeness (QED) is 0.701. The Bertz CT molecular complexity index is 191. The Morgan fingerprint density at radius 3 is 2.60 bits per heavy atom. The zero-order chi connectivity index (χ0) is 10.7. The Balaban J connectivity index is 1.58. The van der Waals surface area contributed by atoms with Gasteiger partial charge in [-0.1, -0.05) is 19.8 Å². The van der Waals surface area contributed by atoms with Crippen LogP contribution in [0.25, 0.3) is 0 Å². The summed E-state index contributed by atoms with van der Waals surface area (Å²) in [6.07, 6.45) is 5.47. The molecule has 15 heavy (non-hydrogen) atoms. The monoisotopic (exact) mass is 214 g/mol. The summed E-state index contributed by atoms with van der Waals surface area (Å²) in [5, 5.41) is 9.52. The molecule has 2 fully saturated rings. The highest BCUT2D eigenvalue weighted by atomic mass is 16.6. The number of rotatable bonds is 7. The molecule has 0 radical (unpaired) electrons. The molecule has 3 unspecified atom stereocenters. The van der Waals surface area contributed by atoms with Crippen LogP contribution in [0, 0.1) is 5.92 Å². The predicted octanol–water partition coefficient (Wildman–Crippen LogP) is 1.73. The molecule has 0 spiro atoms. The van der Waals surface area contributed by atoms with Gasteiger partial charge < -0.3 is 14.6 Å². The van der Waals surface area contributed by atoms with Gasteiger partial charge in [0.1, 0.15) is 6.10 Å². The summed E-state index contributed by atoms with van der Waals surface area (Å²) in [6.45, 7) is 3.65. The first-order valence-electron chi connectivity index (χ1n) is 6.22. The van der Waals surface area contributed by atoms with Gasteiger partial charge in [0, 0.05) is 19.6 Å². The fourth-order valence-corrected chi connectivity index (χ4v) is 1.99. The molecule has 2 saturated carbocycles. The Morgan fingerprint density at radius 1 is 1.20 bits per heavy atom. The van der Waals surface area contributed by atoms with Crippen molar-refractivity contribution in [2.75, 3.05) is 13.2 Å². The van der Waals surface area contributed by atoms with Crippen LogP contribution in [-0.2, 0) is 9.47 Å². The van der Waals surface area contributed by atoms with E-state index >= 15 is 0 Å². The molecule has 2 aliphatic carbocycles. The molecule has 1 N–H and O–H groups in total. The molecule has 0 aromatic heterocycles. The van der Waals surface area contributed by atoms with Crippen LogP contribution in [0.5, 0.6) is 0 Å². The van der Waals surface area contributed by atoms with Crippen molar-refractivity contribution in [3.63, 3.8) is 0 Å². The molecule has 2 rings (SSSR count). The summed E-state index contributed by atoms with van der Waals surface area (Å²) in [5.41, 5.74) is 0. The third kappa shape index (κ3) is 3.16. The van der Waals surface area contributed by atoms with Gasteiger partial charge >= 0.3 is 0 Å². The van der Waals surface area contributed by atoms with Crippen LogP contribution >= 0.6 is 0 Å². The summed E-state index contributed by atoms with van der Waals surface area (Å²) in [5.74, 6) is 0.921. The lowest BCUT2D eigenvalue weighted by Crippen LogP contribution is -2.53. The third-order valence-corrected chi connectivity index (χ3v) is 3.29. The lowest BCUT2D eigenvalue weighted by atomic mass is 9.88. The minimum atomic E-state index is -0.303. The van der Waals surface area contributed by atoms with Crippen LogP contribution in [0.4, 0.5) is 0 Å². The second-order valence-electron chi connectivity index (χ2n) is 4.78. The van der Waals surface area contributed by atoms with E-state index in [0.717, 1.165) is 32.0 Å². The summed E-state index contributed by atoms with van der Waals surface area (Å²) >= 11 is 0. The van der Waals surface area contributed by atoms with Gasteiger partial charge in [0.2, 0.25) is 0 Å². The molecular weight excluding hydrogens is 192 g/mol. The molecule has 0 aliphatic heterocycles. The van der Waals surface area contributed by atoms with Crippen LogP contribution in [0.2, 0.25) is 0 Å². The van der Waals surface area contributed by atoms with Gasteiger partial charge in [-0.05, 0) is 18.8 Å². The summed E-state index contributed by atoms with van der Waals surface area (Å²) in [6, 6.07) is 0. The van der Waals surface area contributed by atoms with E-state index < -0.39 is 0 Å². The fraction of sp³-hybridized carbons (Fsp3) is 1.00. The molecule has 0 bridgehead atoms. The Kier molecular flexibility index (Phi) is 4.00. The fourth-order valence-electron chi connectivity index (χ4n) is 1.99. The van der Waals surface area contributed by atoms with Crippen molar-refractivity contribution in [2.45, 2.75) is 57.3 Å². The zero-order valence-electron chi connectivity index (χ0n) is 9.52. The van der Waals surface area contributed by atoms with Crippen molar-refractivity contribution in [1.82, 2.24) is 0 Å². The summed E-state index contributed by atoms with van der Waals surface area (Å²) in [4.78, 5) is 0. The van der Waals surface area contributed by atoms with Gasteiger partial charge in [-0.15, -0.1) is 0 Å². The first-order valence-corrected chi connectivity index (χ1v) is 6.22. The van der Waals surface area contributed by atoms with Crippen LogP contribution in [-0.4, -0.2) is 36.6 Å². The van der Waals surface area contributed by atoms with Crippen molar-refractivity contribution in [3.05, 3.63) is 0 Å². The molecule has 0 heterocycles. The molecule has 0 amide bonds. The summed E-state index contributed by atoms with van der Waals surface area (Å²) < 4.78 is 11.3. The van der Waals surface area contributed by atoms with E-state index in [1.165, 1.54) is 19.3 Å². The van der Waals surface area contributed by atoms with Crippen molar-refractivity contribution in [2.24, 2.45) is 5.92 Å². The maximum absolute atomic E-state index is 9.52. The van der Waals surface area contributed by atoms with Gasteiger partial charge in [0.05, 0.1) is 12.2 Å². The number of hydrogen-bond donors (Lipinski definition) is 1. The highest BCUT2D eigenvalue weighted by Crippen LogP contribution is 2.33. The Labute approximate surface area is 91.8 Å². The largest absolute Gasteiger partial charge is 0.390 e. The number of hydrogen-bond acceptors (Lipinski definition) is 3. The SMILES string of the molecule is CCCOC1C(O)CC1OCCC1CC1. The maximum Gasteiger partial charge on any atom is 0.110 e. The Morgan fingerprint density at radius 2 is 2.00 bits per heavy atom. The van der Waals surface area contributed by atoms with E-state index in [9.17, 15) is 5.11 Å². The highest BCUT2D eigenvalue weighted by molar-refractivity contribution is 4.92. The van der Waals surface area contributed by atoms with Gasteiger partial charge in [-0.2, -0.15) is 0 Å². The standard InChI is InChI=1S/C12H22O3/c1-2-6-15-12-10(13)8-11(12)14-7-5-9-3-4-9/h9-13H,2-8H2,1H3. The van der Waals surface area contributed by atoms with Gasteiger partial charge in [0.15, 0.2) is 0 Å². The van der Waals surface area contributed by atoms with Crippen molar-refractivity contribution in [1.29, 1.82) is 0 Å². The van der Waals surface area contributed by atoms with E-state index in [0.29, 0.717) is 0 Å². The van der Waals surface area contributed by atoms with Crippen molar-refractivity contribution >= 4 is 0 Å². The molecule has 2 aliphatic rings. The topological polar surface area (TPSA) is 38.7 Å². The molecule has 3 atom stereocenters. The Hall–Kier alpha value is -0.120. The van der Waals surface area contributed by atoms with Crippen LogP contribution in [0.1, 0.15) is 39.0 Å². The average molecular weight is 214 g/mol. The third-order valence-electron chi connectivity index (χ3n) is 3.29. The number of aliphatic hydroxyl groups excluding tert-OH is 1. The van der Waals surface area contributed by atoms with Crippen molar-refractivity contribution in [3.8, 4) is 0 Å². The van der Waals surface area contributed by atoms with Crippen LogP contribution in [0.15, 0.2) is 0 Å². The van der Waals surface area contributed by atoms with Crippen LogP contribution < -0.4 is 0 Å². The molecule has 0 saturated heterocycles. The maximum atomic E-state index is 9.52. The van der Waals surface area contributed by atoms with E-state index in [4.69, 9.17) is 9.47 Å². The molecule has 3 heteroatoms.